The quantitative estimate of drug-likeness (QED) is 0.929. The fraction of sp³-hybridized carbons (Fsp3) is 0.438. The molecule has 0 fully saturated rings. The molecule has 0 aliphatic heterocycles. The molecule has 1 aromatic heterocycles. The summed E-state index contributed by atoms with van der Waals surface area (Å²) in [5, 5.41) is 4.54. The second-order valence-electron chi connectivity index (χ2n) is 5.64. The number of nitrogen functional groups attached to an aromatic ring is 1. The van der Waals surface area contributed by atoms with Crippen molar-refractivity contribution in [3.63, 3.8) is 0 Å². The summed E-state index contributed by atoms with van der Waals surface area (Å²) in [6.45, 7) is 9.17. The first-order valence-corrected chi connectivity index (χ1v) is 7.02. The third kappa shape index (κ3) is 2.64. The van der Waals surface area contributed by atoms with Gasteiger partial charge in [-0.05, 0) is 38.8 Å². The first-order valence-electron chi connectivity index (χ1n) is 7.02. The third-order valence-corrected chi connectivity index (χ3v) is 3.62. The van der Waals surface area contributed by atoms with Crippen molar-refractivity contribution in [3.8, 4) is 0 Å². The van der Waals surface area contributed by atoms with Gasteiger partial charge in [0.15, 0.2) is 5.82 Å². The molecule has 0 bridgehead atoms. The minimum Gasteiger partial charge on any atom is -0.394 e. The molecule has 0 radical (unpaired) electrons. The minimum absolute atomic E-state index is 0.292. The van der Waals surface area contributed by atoms with Gasteiger partial charge in [0, 0.05) is 19.6 Å². The molecule has 20 heavy (non-hydrogen) atoms. The number of nitrogens with zero attached hydrogens (tertiary/aromatic N) is 3. The summed E-state index contributed by atoms with van der Waals surface area (Å²) in [4.78, 5) is 2.18. The average molecular weight is 272 g/mol. The van der Waals surface area contributed by atoms with Gasteiger partial charge in [-0.3, -0.25) is 0 Å². The Morgan fingerprint density at radius 3 is 2.50 bits per heavy atom. The normalized spacial score (nSPS) is 11.1. The SMILES string of the molecule is Cc1ccccc1CN(C)c1c(N)c(C)nn1C(C)C. The number of aromatic nitrogens is 2. The smallest absolute Gasteiger partial charge is 0.150 e. The zero-order valence-electron chi connectivity index (χ0n) is 13.0. The van der Waals surface area contributed by atoms with E-state index in [9.17, 15) is 0 Å². The zero-order chi connectivity index (χ0) is 14.9. The third-order valence-electron chi connectivity index (χ3n) is 3.62. The summed E-state index contributed by atoms with van der Waals surface area (Å²) in [5.74, 6) is 1.00. The molecule has 2 aromatic rings. The average Bonchev–Trinajstić information content (AvgIpc) is 2.69. The number of hydrogen-bond acceptors (Lipinski definition) is 3. The Balaban J connectivity index is 2.34. The molecule has 0 atom stereocenters. The summed E-state index contributed by atoms with van der Waals surface area (Å²) in [7, 11) is 2.07. The van der Waals surface area contributed by atoms with Crippen LogP contribution in [0.3, 0.4) is 0 Å². The molecular formula is C16H24N4. The lowest BCUT2D eigenvalue weighted by Crippen LogP contribution is -2.22. The van der Waals surface area contributed by atoms with E-state index in [4.69, 9.17) is 5.73 Å². The van der Waals surface area contributed by atoms with Gasteiger partial charge in [0.25, 0.3) is 0 Å². The first kappa shape index (κ1) is 14.4. The topological polar surface area (TPSA) is 47.1 Å². The van der Waals surface area contributed by atoms with Crippen LogP contribution >= 0.6 is 0 Å². The highest BCUT2D eigenvalue weighted by atomic mass is 15.4. The number of rotatable bonds is 4. The molecule has 1 aromatic carbocycles. The standard InChI is InChI=1S/C16H24N4/c1-11(2)20-16(15(17)13(4)18-20)19(5)10-14-9-7-6-8-12(14)3/h6-9,11H,10,17H2,1-5H3. The van der Waals surface area contributed by atoms with Crippen molar-refractivity contribution in [1.29, 1.82) is 0 Å². The Morgan fingerprint density at radius 1 is 1.25 bits per heavy atom. The second-order valence-corrected chi connectivity index (χ2v) is 5.64. The Kier molecular flexibility index (Phi) is 4.02. The van der Waals surface area contributed by atoms with E-state index in [0.717, 1.165) is 23.7 Å². The molecule has 0 aliphatic carbocycles. The number of aryl methyl sites for hydroxylation is 2. The largest absolute Gasteiger partial charge is 0.394 e. The summed E-state index contributed by atoms with van der Waals surface area (Å²) in [6, 6.07) is 8.73. The van der Waals surface area contributed by atoms with Gasteiger partial charge in [-0.25, -0.2) is 4.68 Å². The van der Waals surface area contributed by atoms with E-state index in [2.05, 4.69) is 62.1 Å². The number of benzene rings is 1. The van der Waals surface area contributed by atoms with E-state index in [1.807, 2.05) is 11.6 Å². The van der Waals surface area contributed by atoms with Crippen LogP contribution in [0, 0.1) is 13.8 Å². The molecule has 0 spiro atoms. The Labute approximate surface area is 121 Å². The number of nitrogens with two attached hydrogens (primary N) is 1. The van der Waals surface area contributed by atoms with Crippen LogP contribution in [0.5, 0.6) is 0 Å². The number of anilines is 2. The van der Waals surface area contributed by atoms with E-state index < -0.39 is 0 Å². The Bertz CT molecular complexity index is 599. The molecule has 0 saturated heterocycles. The van der Waals surface area contributed by atoms with E-state index in [-0.39, 0.29) is 0 Å². The van der Waals surface area contributed by atoms with Crippen molar-refractivity contribution in [2.24, 2.45) is 0 Å². The fourth-order valence-corrected chi connectivity index (χ4v) is 2.41. The maximum atomic E-state index is 6.21. The van der Waals surface area contributed by atoms with Crippen molar-refractivity contribution < 1.29 is 0 Å². The predicted octanol–water partition coefficient (Wildman–Crippen LogP) is 3.30. The molecular weight excluding hydrogens is 248 g/mol. The lowest BCUT2D eigenvalue weighted by Gasteiger charge is -2.23. The van der Waals surface area contributed by atoms with Crippen LogP contribution in [0.1, 0.15) is 36.7 Å². The first-order chi connectivity index (χ1) is 9.41. The second kappa shape index (κ2) is 5.57. The maximum absolute atomic E-state index is 6.21. The summed E-state index contributed by atoms with van der Waals surface area (Å²) < 4.78 is 2.00. The van der Waals surface area contributed by atoms with Gasteiger partial charge in [-0.2, -0.15) is 5.10 Å². The molecule has 0 saturated carbocycles. The molecule has 0 aliphatic rings. The summed E-state index contributed by atoms with van der Waals surface area (Å²) >= 11 is 0. The molecule has 2 N–H and O–H groups in total. The van der Waals surface area contributed by atoms with Crippen molar-refractivity contribution >= 4 is 11.5 Å². The molecule has 2 rings (SSSR count). The van der Waals surface area contributed by atoms with Crippen LogP contribution in [-0.2, 0) is 6.54 Å². The highest BCUT2D eigenvalue weighted by molar-refractivity contribution is 5.66. The molecule has 4 heteroatoms. The van der Waals surface area contributed by atoms with E-state index in [0.29, 0.717) is 6.04 Å². The van der Waals surface area contributed by atoms with Gasteiger partial charge < -0.3 is 10.6 Å². The van der Waals surface area contributed by atoms with Crippen LogP contribution in [0.25, 0.3) is 0 Å². The van der Waals surface area contributed by atoms with Gasteiger partial charge in [-0.1, -0.05) is 24.3 Å². The highest BCUT2D eigenvalue weighted by Gasteiger charge is 2.18. The molecule has 1 heterocycles. The Morgan fingerprint density at radius 2 is 1.90 bits per heavy atom. The summed E-state index contributed by atoms with van der Waals surface area (Å²) in [6.07, 6.45) is 0. The predicted molar refractivity (Wildman–Crippen MR) is 85.0 cm³/mol. The van der Waals surface area contributed by atoms with E-state index in [1.54, 1.807) is 0 Å². The van der Waals surface area contributed by atoms with Crippen molar-refractivity contribution in [2.45, 2.75) is 40.3 Å². The van der Waals surface area contributed by atoms with Crippen LogP contribution in [0.15, 0.2) is 24.3 Å². The van der Waals surface area contributed by atoms with Crippen LogP contribution in [0.2, 0.25) is 0 Å². The van der Waals surface area contributed by atoms with Gasteiger partial charge in [0.1, 0.15) is 0 Å². The Hall–Kier alpha value is -1.97. The van der Waals surface area contributed by atoms with E-state index >= 15 is 0 Å². The monoisotopic (exact) mass is 272 g/mol. The van der Waals surface area contributed by atoms with Gasteiger partial charge in [0.2, 0.25) is 0 Å². The van der Waals surface area contributed by atoms with Gasteiger partial charge in [0.05, 0.1) is 11.4 Å². The van der Waals surface area contributed by atoms with Crippen molar-refractivity contribution in [3.05, 3.63) is 41.1 Å². The summed E-state index contributed by atoms with van der Waals surface area (Å²) in [5.41, 5.74) is 10.5. The van der Waals surface area contributed by atoms with Crippen LogP contribution in [-0.4, -0.2) is 16.8 Å². The van der Waals surface area contributed by atoms with E-state index in [1.165, 1.54) is 11.1 Å². The molecule has 4 nitrogen and oxygen atoms in total. The minimum atomic E-state index is 0.292. The zero-order valence-corrected chi connectivity index (χ0v) is 13.0. The van der Waals surface area contributed by atoms with Crippen LogP contribution < -0.4 is 10.6 Å². The number of hydrogen-bond donors (Lipinski definition) is 1. The fourth-order valence-electron chi connectivity index (χ4n) is 2.41. The van der Waals surface area contributed by atoms with Crippen molar-refractivity contribution in [2.75, 3.05) is 17.7 Å². The highest BCUT2D eigenvalue weighted by Crippen LogP contribution is 2.29. The van der Waals surface area contributed by atoms with Gasteiger partial charge in [-0.15, -0.1) is 0 Å². The van der Waals surface area contributed by atoms with Crippen molar-refractivity contribution in [1.82, 2.24) is 9.78 Å². The molecule has 108 valence electrons. The lowest BCUT2D eigenvalue weighted by atomic mass is 10.1. The molecule has 0 amide bonds. The molecule has 0 unspecified atom stereocenters. The van der Waals surface area contributed by atoms with Gasteiger partial charge >= 0.3 is 0 Å². The lowest BCUT2D eigenvalue weighted by molar-refractivity contribution is 0.525. The van der Waals surface area contributed by atoms with Crippen LogP contribution in [0.4, 0.5) is 11.5 Å². The maximum Gasteiger partial charge on any atom is 0.150 e.